The average molecular weight is 395 g/mol. The second-order valence-corrected chi connectivity index (χ2v) is 7.00. The second kappa shape index (κ2) is 9.24. The maximum atomic E-state index is 12.0. The Labute approximate surface area is 157 Å². The summed E-state index contributed by atoms with van der Waals surface area (Å²) >= 11 is 0. The Morgan fingerprint density at radius 2 is 1.63 bits per heavy atom. The van der Waals surface area contributed by atoms with Gasteiger partial charge in [-0.2, -0.15) is 0 Å². The van der Waals surface area contributed by atoms with Crippen molar-refractivity contribution < 1.29 is 32.2 Å². The van der Waals surface area contributed by atoms with Crippen molar-refractivity contribution in [1.82, 2.24) is 0 Å². The van der Waals surface area contributed by atoms with Crippen LogP contribution in [-0.4, -0.2) is 41.8 Å². The number of esters is 1. The van der Waals surface area contributed by atoms with E-state index in [1.165, 1.54) is 31.4 Å². The van der Waals surface area contributed by atoms with Gasteiger partial charge in [0, 0.05) is 11.6 Å². The fourth-order valence-electron chi connectivity index (χ4n) is 2.25. The molecule has 0 saturated heterocycles. The molecule has 2 rings (SSSR count). The molecule has 27 heavy (non-hydrogen) atoms. The highest BCUT2D eigenvalue weighted by atomic mass is 32.2. The van der Waals surface area contributed by atoms with Gasteiger partial charge in [0.1, 0.15) is 30.5 Å². The number of methoxy groups -OCH3 is 2. The Morgan fingerprint density at radius 1 is 0.963 bits per heavy atom. The lowest BCUT2D eigenvalue weighted by Crippen LogP contribution is -2.14. The lowest BCUT2D eigenvalue weighted by Gasteiger charge is -2.11. The lowest BCUT2D eigenvalue weighted by atomic mass is 10.1. The third-order valence-electron chi connectivity index (χ3n) is 3.60. The lowest BCUT2D eigenvalue weighted by molar-refractivity contribution is -0.143. The van der Waals surface area contributed by atoms with Crippen molar-refractivity contribution in [1.29, 1.82) is 0 Å². The number of primary sulfonamides is 1. The Hall–Kier alpha value is -2.78. The number of hydrogen-bond acceptors (Lipinski definition) is 7. The van der Waals surface area contributed by atoms with E-state index in [4.69, 9.17) is 24.1 Å². The first-order valence-corrected chi connectivity index (χ1v) is 9.50. The van der Waals surface area contributed by atoms with Gasteiger partial charge in [-0.15, -0.1) is 0 Å². The van der Waals surface area contributed by atoms with Crippen LogP contribution in [0.2, 0.25) is 0 Å². The van der Waals surface area contributed by atoms with Gasteiger partial charge in [-0.1, -0.05) is 6.07 Å². The molecule has 0 spiro atoms. The molecule has 0 bridgehead atoms. The van der Waals surface area contributed by atoms with E-state index in [1.54, 1.807) is 25.3 Å². The summed E-state index contributed by atoms with van der Waals surface area (Å²) in [6, 6.07) is 10.8. The maximum absolute atomic E-state index is 12.0. The zero-order chi connectivity index (χ0) is 19.9. The number of benzene rings is 2. The highest BCUT2D eigenvalue weighted by molar-refractivity contribution is 7.89. The predicted octanol–water partition coefficient (Wildman–Crippen LogP) is 1.52. The fourth-order valence-corrected chi connectivity index (χ4v) is 2.76. The SMILES string of the molecule is COc1ccc(CC(=O)OCCOc2ccc(S(N)(=O)=O)cc2)c(OC)c1. The number of rotatable bonds is 9. The minimum Gasteiger partial charge on any atom is -0.497 e. The minimum atomic E-state index is -3.74. The number of sulfonamides is 1. The first-order valence-electron chi connectivity index (χ1n) is 7.95. The van der Waals surface area contributed by atoms with Crippen LogP contribution in [0.4, 0.5) is 0 Å². The van der Waals surface area contributed by atoms with Gasteiger partial charge in [0.15, 0.2) is 0 Å². The molecule has 0 aliphatic rings. The van der Waals surface area contributed by atoms with Gasteiger partial charge in [-0.25, -0.2) is 13.6 Å². The number of carbonyl (C=O) groups excluding carboxylic acids is 1. The third-order valence-corrected chi connectivity index (χ3v) is 4.53. The molecular weight excluding hydrogens is 374 g/mol. The summed E-state index contributed by atoms with van der Waals surface area (Å²) in [7, 11) is -0.680. The molecule has 0 atom stereocenters. The van der Waals surface area contributed by atoms with Crippen LogP contribution in [0.5, 0.6) is 17.2 Å². The minimum absolute atomic E-state index is 0.00489. The summed E-state index contributed by atoms with van der Waals surface area (Å²) in [5.41, 5.74) is 0.683. The summed E-state index contributed by atoms with van der Waals surface area (Å²) in [5, 5.41) is 5.02. The molecule has 0 radical (unpaired) electrons. The molecule has 2 aromatic rings. The highest BCUT2D eigenvalue weighted by Crippen LogP contribution is 2.25. The van der Waals surface area contributed by atoms with E-state index in [2.05, 4.69) is 0 Å². The van der Waals surface area contributed by atoms with Gasteiger partial charge < -0.3 is 18.9 Å². The molecule has 0 aliphatic heterocycles. The van der Waals surface area contributed by atoms with E-state index in [1.807, 2.05) is 0 Å². The van der Waals surface area contributed by atoms with Crippen molar-refractivity contribution >= 4 is 16.0 Å². The zero-order valence-electron chi connectivity index (χ0n) is 15.0. The Bertz CT molecular complexity index is 879. The van der Waals surface area contributed by atoms with Gasteiger partial charge in [-0.05, 0) is 30.3 Å². The molecule has 0 amide bonds. The molecule has 2 N–H and O–H groups in total. The van der Waals surface area contributed by atoms with Crippen molar-refractivity contribution in [2.75, 3.05) is 27.4 Å². The molecule has 8 nitrogen and oxygen atoms in total. The van der Waals surface area contributed by atoms with E-state index in [9.17, 15) is 13.2 Å². The molecule has 2 aromatic carbocycles. The van der Waals surface area contributed by atoms with Crippen LogP contribution in [0.1, 0.15) is 5.56 Å². The predicted molar refractivity (Wildman–Crippen MR) is 97.5 cm³/mol. The van der Waals surface area contributed by atoms with E-state index in [0.717, 1.165) is 0 Å². The molecule has 0 aliphatic carbocycles. The van der Waals surface area contributed by atoms with Crippen molar-refractivity contribution in [2.24, 2.45) is 5.14 Å². The summed E-state index contributed by atoms with van der Waals surface area (Å²) in [6.07, 6.45) is 0.0518. The summed E-state index contributed by atoms with van der Waals surface area (Å²) in [4.78, 5) is 12.0. The summed E-state index contributed by atoms with van der Waals surface area (Å²) in [6.45, 7) is 0.175. The highest BCUT2D eigenvalue weighted by Gasteiger charge is 2.11. The van der Waals surface area contributed by atoms with Gasteiger partial charge in [0.05, 0.1) is 25.5 Å². The standard InChI is InChI=1S/C18H21NO7S/c1-23-15-4-3-13(17(12-15)24-2)11-18(20)26-10-9-25-14-5-7-16(8-6-14)27(19,21)22/h3-8,12H,9-11H2,1-2H3,(H2,19,21,22). The van der Waals surface area contributed by atoms with Crippen LogP contribution in [-0.2, 0) is 26.0 Å². The Kier molecular flexibility index (Phi) is 7.03. The number of nitrogens with two attached hydrogens (primary N) is 1. The quantitative estimate of drug-likeness (QED) is 0.506. The van der Waals surface area contributed by atoms with Gasteiger partial charge in [0.25, 0.3) is 0 Å². The van der Waals surface area contributed by atoms with E-state index in [-0.39, 0.29) is 24.5 Å². The summed E-state index contributed by atoms with van der Waals surface area (Å²) < 4.78 is 43.2. The molecular formula is C18H21NO7S. The van der Waals surface area contributed by atoms with Gasteiger partial charge in [-0.3, -0.25) is 4.79 Å². The molecule has 9 heteroatoms. The number of carbonyl (C=O) groups is 1. The largest absolute Gasteiger partial charge is 0.497 e. The van der Waals surface area contributed by atoms with Crippen molar-refractivity contribution in [3.05, 3.63) is 48.0 Å². The van der Waals surface area contributed by atoms with E-state index in [0.29, 0.717) is 22.8 Å². The Balaban J connectivity index is 1.79. The monoisotopic (exact) mass is 395 g/mol. The molecule has 0 aromatic heterocycles. The van der Waals surface area contributed by atoms with Crippen LogP contribution >= 0.6 is 0 Å². The summed E-state index contributed by atoms with van der Waals surface area (Å²) in [5.74, 6) is 1.19. The zero-order valence-corrected chi connectivity index (χ0v) is 15.8. The van der Waals surface area contributed by atoms with Crippen LogP contribution in [0.15, 0.2) is 47.4 Å². The van der Waals surface area contributed by atoms with Crippen LogP contribution in [0.3, 0.4) is 0 Å². The molecule has 0 unspecified atom stereocenters. The third kappa shape index (κ3) is 6.15. The first kappa shape index (κ1) is 20.5. The second-order valence-electron chi connectivity index (χ2n) is 5.44. The van der Waals surface area contributed by atoms with Gasteiger partial charge >= 0.3 is 5.97 Å². The normalized spacial score (nSPS) is 10.9. The smallest absolute Gasteiger partial charge is 0.310 e. The van der Waals surface area contributed by atoms with Crippen molar-refractivity contribution in [3.8, 4) is 17.2 Å². The van der Waals surface area contributed by atoms with Crippen molar-refractivity contribution in [3.63, 3.8) is 0 Å². The molecule has 0 fully saturated rings. The van der Waals surface area contributed by atoms with Crippen LogP contribution in [0.25, 0.3) is 0 Å². The molecule has 0 heterocycles. The topological polar surface area (TPSA) is 114 Å². The van der Waals surface area contributed by atoms with Crippen LogP contribution < -0.4 is 19.3 Å². The molecule has 146 valence electrons. The van der Waals surface area contributed by atoms with E-state index >= 15 is 0 Å². The number of ether oxygens (including phenoxy) is 4. The first-order chi connectivity index (χ1) is 12.8. The van der Waals surface area contributed by atoms with Gasteiger partial charge in [0.2, 0.25) is 10.0 Å². The average Bonchev–Trinajstić information content (AvgIpc) is 2.65. The van der Waals surface area contributed by atoms with Crippen molar-refractivity contribution in [2.45, 2.75) is 11.3 Å². The molecule has 0 saturated carbocycles. The van der Waals surface area contributed by atoms with E-state index < -0.39 is 16.0 Å². The fraction of sp³-hybridized carbons (Fsp3) is 0.278. The number of hydrogen-bond donors (Lipinski definition) is 1. The Morgan fingerprint density at radius 3 is 2.22 bits per heavy atom. The maximum Gasteiger partial charge on any atom is 0.310 e. The van der Waals surface area contributed by atoms with Crippen LogP contribution in [0, 0.1) is 0 Å².